The van der Waals surface area contributed by atoms with Gasteiger partial charge in [-0.05, 0) is 25.8 Å². The van der Waals surface area contributed by atoms with Crippen molar-refractivity contribution in [3.05, 3.63) is 23.8 Å². The summed E-state index contributed by atoms with van der Waals surface area (Å²) in [5, 5.41) is 0. The molecule has 16 heavy (non-hydrogen) atoms. The van der Waals surface area contributed by atoms with Crippen LogP contribution in [0.15, 0.2) is 12.3 Å². The Kier molecular flexibility index (Phi) is 2.94. The van der Waals surface area contributed by atoms with Crippen molar-refractivity contribution in [3.8, 4) is 0 Å². The van der Waals surface area contributed by atoms with Gasteiger partial charge in [-0.15, -0.1) is 0 Å². The van der Waals surface area contributed by atoms with Crippen molar-refractivity contribution in [2.24, 2.45) is 0 Å². The quantitative estimate of drug-likeness (QED) is 0.771. The van der Waals surface area contributed by atoms with Crippen LogP contribution in [0.2, 0.25) is 0 Å². The summed E-state index contributed by atoms with van der Waals surface area (Å²) < 4.78 is 24.7. The molecule has 6 heteroatoms. The van der Waals surface area contributed by atoms with Crippen molar-refractivity contribution in [3.63, 3.8) is 0 Å². The number of aryl methyl sites for hydroxylation is 1. The molecule has 88 valence electrons. The molecule has 2 rings (SSSR count). The first-order chi connectivity index (χ1) is 7.48. The fourth-order valence-electron chi connectivity index (χ4n) is 2.09. The molecule has 0 saturated carbocycles. The molecule has 1 fully saturated rings. The molecule has 1 saturated heterocycles. The molecular formula is C10H15N3O2S. The van der Waals surface area contributed by atoms with Gasteiger partial charge < -0.3 is 0 Å². The second-order valence-electron chi connectivity index (χ2n) is 4.06. The highest BCUT2D eigenvalue weighted by atomic mass is 32.2. The van der Waals surface area contributed by atoms with Gasteiger partial charge in [-0.3, -0.25) is 0 Å². The molecule has 0 aromatic carbocycles. The highest BCUT2D eigenvalue weighted by Crippen LogP contribution is 2.32. The smallest absolute Gasteiger partial charge is 0.211 e. The van der Waals surface area contributed by atoms with Crippen LogP contribution in [0, 0.1) is 6.92 Å². The molecule has 5 nitrogen and oxygen atoms in total. The van der Waals surface area contributed by atoms with E-state index in [1.54, 1.807) is 12.3 Å². The van der Waals surface area contributed by atoms with E-state index >= 15 is 0 Å². The summed E-state index contributed by atoms with van der Waals surface area (Å²) in [6.45, 7) is 2.40. The zero-order valence-electron chi connectivity index (χ0n) is 9.42. The highest BCUT2D eigenvalue weighted by Gasteiger charge is 2.33. The van der Waals surface area contributed by atoms with Crippen molar-refractivity contribution in [1.29, 1.82) is 0 Å². The van der Waals surface area contributed by atoms with Crippen molar-refractivity contribution in [2.75, 3.05) is 12.8 Å². The third-order valence-electron chi connectivity index (χ3n) is 2.77. The molecular weight excluding hydrogens is 226 g/mol. The van der Waals surface area contributed by atoms with Crippen LogP contribution in [-0.4, -0.2) is 35.5 Å². The summed E-state index contributed by atoms with van der Waals surface area (Å²) in [4.78, 5) is 8.32. The number of rotatable bonds is 2. The largest absolute Gasteiger partial charge is 0.242 e. The van der Waals surface area contributed by atoms with E-state index in [9.17, 15) is 8.42 Å². The Labute approximate surface area is 95.6 Å². The Morgan fingerprint density at radius 3 is 2.88 bits per heavy atom. The van der Waals surface area contributed by atoms with E-state index in [2.05, 4.69) is 9.97 Å². The van der Waals surface area contributed by atoms with Crippen LogP contribution >= 0.6 is 0 Å². The number of nitrogens with zero attached hydrogens (tertiary/aromatic N) is 3. The van der Waals surface area contributed by atoms with E-state index in [1.807, 2.05) is 6.92 Å². The fourth-order valence-corrected chi connectivity index (χ4v) is 3.23. The first kappa shape index (κ1) is 11.5. The summed E-state index contributed by atoms with van der Waals surface area (Å²) in [6, 6.07) is 1.68. The maximum Gasteiger partial charge on any atom is 0.211 e. The van der Waals surface area contributed by atoms with Gasteiger partial charge in [0.2, 0.25) is 10.0 Å². The molecule has 0 N–H and O–H groups in total. The lowest BCUT2D eigenvalue weighted by Gasteiger charge is -2.21. The van der Waals surface area contributed by atoms with E-state index in [4.69, 9.17) is 0 Å². The predicted octanol–water partition coefficient (Wildman–Crippen LogP) is 0.882. The van der Waals surface area contributed by atoms with Gasteiger partial charge in [0.05, 0.1) is 18.0 Å². The zero-order valence-corrected chi connectivity index (χ0v) is 10.2. The Morgan fingerprint density at radius 2 is 2.25 bits per heavy atom. The molecule has 2 heterocycles. The van der Waals surface area contributed by atoms with Gasteiger partial charge in [0.1, 0.15) is 5.82 Å². The second kappa shape index (κ2) is 4.10. The third-order valence-corrected chi connectivity index (χ3v) is 4.06. The van der Waals surface area contributed by atoms with Crippen LogP contribution in [0.25, 0.3) is 0 Å². The van der Waals surface area contributed by atoms with E-state index in [-0.39, 0.29) is 6.04 Å². The summed E-state index contributed by atoms with van der Waals surface area (Å²) in [5.74, 6) is 0.679. The number of hydrogen-bond donors (Lipinski definition) is 0. The van der Waals surface area contributed by atoms with E-state index in [0.717, 1.165) is 18.5 Å². The molecule has 0 bridgehead atoms. The van der Waals surface area contributed by atoms with Gasteiger partial charge in [-0.25, -0.2) is 18.4 Å². The minimum absolute atomic E-state index is 0.114. The van der Waals surface area contributed by atoms with E-state index in [0.29, 0.717) is 12.4 Å². The monoisotopic (exact) mass is 241 g/mol. The van der Waals surface area contributed by atoms with Crippen molar-refractivity contribution < 1.29 is 8.42 Å². The minimum Gasteiger partial charge on any atom is -0.242 e. The van der Waals surface area contributed by atoms with Gasteiger partial charge in [-0.1, -0.05) is 0 Å². The lowest BCUT2D eigenvalue weighted by molar-refractivity contribution is 0.393. The van der Waals surface area contributed by atoms with Crippen molar-refractivity contribution >= 4 is 10.0 Å². The molecule has 0 radical (unpaired) electrons. The van der Waals surface area contributed by atoms with Gasteiger partial charge >= 0.3 is 0 Å². The zero-order chi connectivity index (χ0) is 11.8. The van der Waals surface area contributed by atoms with Crippen LogP contribution in [0.3, 0.4) is 0 Å². The van der Waals surface area contributed by atoms with Crippen molar-refractivity contribution in [2.45, 2.75) is 25.8 Å². The third kappa shape index (κ3) is 2.22. The highest BCUT2D eigenvalue weighted by molar-refractivity contribution is 7.88. The first-order valence-electron chi connectivity index (χ1n) is 5.25. The van der Waals surface area contributed by atoms with Crippen LogP contribution in [-0.2, 0) is 10.0 Å². The number of hydrogen-bond acceptors (Lipinski definition) is 4. The van der Waals surface area contributed by atoms with Crippen LogP contribution in [0.4, 0.5) is 0 Å². The topological polar surface area (TPSA) is 63.2 Å². The predicted molar refractivity (Wildman–Crippen MR) is 60.3 cm³/mol. The van der Waals surface area contributed by atoms with Crippen LogP contribution in [0.1, 0.15) is 30.4 Å². The maximum atomic E-state index is 11.6. The molecule has 0 aliphatic carbocycles. The first-order valence-corrected chi connectivity index (χ1v) is 7.09. The normalized spacial score (nSPS) is 22.5. The van der Waals surface area contributed by atoms with Gasteiger partial charge in [0.15, 0.2) is 0 Å². The molecule has 1 aliphatic rings. The second-order valence-corrected chi connectivity index (χ2v) is 6.00. The van der Waals surface area contributed by atoms with Crippen LogP contribution in [0.5, 0.6) is 0 Å². The Hall–Kier alpha value is -1.01. The summed E-state index contributed by atoms with van der Waals surface area (Å²) >= 11 is 0. The number of sulfonamides is 1. The average Bonchev–Trinajstić information content (AvgIpc) is 2.65. The SMILES string of the molecule is Cc1nccc(C2CCCN2S(C)(=O)=O)n1. The molecule has 1 aliphatic heterocycles. The molecule has 0 spiro atoms. The van der Waals surface area contributed by atoms with Gasteiger partial charge in [0, 0.05) is 12.7 Å². The van der Waals surface area contributed by atoms with Crippen LogP contribution < -0.4 is 0 Å². The van der Waals surface area contributed by atoms with E-state index < -0.39 is 10.0 Å². The molecule has 1 aromatic heterocycles. The van der Waals surface area contributed by atoms with Gasteiger partial charge in [-0.2, -0.15) is 4.31 Å². The minimum atomic E-state index is -3.14. The standard InChI is InChI=1S/C10H15N3O2S/c1-8-11-6-5-9(12-8)10-4-3-7-13(10)16(2,14)15/h5-6,10H,3-4,7H2,1-2H3. The lowest BCUT2D eigenvalue weighted by Crippen LogP contribution is -2.30. The van der Waals surface area contributed by atoms with Gasteiger partial charge in [0.25, 0.3) is 0 Å². The molecule has 1 unspecified atom stereocenters. The average molecular weight is 241 g/mol. The Bertz CT molecular complexity index is 487. The van der Waals surface area contributed by atoms with Crippen molar-refractivity contribution in [1.82, 2.24) is 14.3 Å². The Balaban J connectivity index is 2.34. The summed E-state index contributed by atoms with van der Waals surface area (Å²) in [7, 11) is -3.14. The number of aromatic nitrogens is 2. The summed E-state index contributed by atoms with van der Waals surface area (Å²) in [6.07, 6.45) is 4.65. The maximum absolute atomic E-state index is 11.6. The summed E-state index contributed by atoms with van der Waals surface area (Å²) in [5.41, 5.74) is 0.801. The lowest BCUT2D eigenvalue weighted by atomic mass is 10.1. The Morgan fingerprint density at radius 1 is 1.50 bits per heavy atom. The van der Waals surface area contributed by atoms with E-state index in [1.165, 1.54) is 10.6 Å². The molecule has 1 aromatic rings. The molecule has 1 atom stereocenters. The molecule has 0 amide bonds. The fraction of sp³-hybridized carbons (Fsp3) is 0.600.